The average Bonchev–Trinajstić information content (AvgIpc) is 2.78. The first-order chi connectivity index (χ1) is 9.08. The molecule has 1 aromatic carbocycles. The van der Waals surface area contributed by atoms with Crippen LogP contribution in [-0.2, 0) is 11.2 Å². The summed E-state index contributed by atoms with van der Waals surface area (Å²) in [7, 11) is 0. The van der Waals surface area contributed by atoms with Gasteiger partial charge in [0.15, 0.2) is 11.5 Å². The Morgan fingerprint density at radius 1 is 1.42 bits per heavy atom. The number of nitrogens with one attached hydrogen (secondary N) is 2. The van der Waals surface area contributed by atoms with Crippen molar-refractivity contribution in [3.63, 3.8) is 0 Å². The molecule has 0 fully saturated rings. The maximum absolute atomic E-state index is 11.7. The number of aromatic nitrogens is 1. The molecule has 0 spiro atoms. The normalized spacial score (nSPS) is 11.2. The summed E-state index contributed by atoms with van der Waals surface area (Å²) in [4.78, 5) is 16.0. The summed E-state index contributed by atoms with van der Waals surface area (Å²) in [6, 6.07) is 5.76. The predicted molar refractivity (Wildman–Crippen MR) is 75.2 cm³/mol. The van der Waals surface area contributed by atoms with Crippen molar-refractivity contribution in [3.8, 4) is 0 Å². The van der Waals surface area contributed by atoms with Crippen LogP contribution in [0.4, 0.5) is 5.69 Å². The third-order valence-corrected chi connectivity index (χ3v) is 2.69. The summed E-state index contributed by atoms with van der Waals surface area (Å²) in [5.41, 5.74) is 2.25. The van der Waals surface area contributed by atoms with Gasteiger partial charge >= 0.3 is 0 Å². The van der Waals surface area contributed by atoms with Crippen molar-refractivity contribution in [2.75, 3.05) is 11.9 Å². The standard InChI is InChI=1S/C14H19N3O2/c1-4-14-17-11-7-10(5-6-12(11)19-14)16-13(18)8-15-9(2)3/h5-7,9,15H,4,8H2,1-3H3,(H,16,18). The number of fused-ring (bicyclic) bond motifs is 1. The molecule has 0 atom stereocenters. The van der Waals surface area contributed by atoms with Crippen molar-refractivity contribution < 1.29 is 9.21 Å². The minimum absolute atomic E-state index is 0.0627. The molecule has 2 N–H and O–H groups in total. The highest BCUT2D eigenvalue weighted by atomic mass is 16.3. The zero-order valence-corrected chi connectivity index (χ0v) is 11.5. The number of rotatable bonds is 5. The number of benzene rings is 1. The van der Waals surface area contributed by atoms with Crippen molar-refractivity contribution in [2.45, 2.75) is 33.2 Å². The molecular weight excluding hydrogens is 242 g/mol. The average molecular weight is 261 g/mol. The fourth-order valence-electron chi connectivity index (χ4n) is 1.71. The van der Waals surface area contributed by atoms with E-state index in [0.29, 0.717) is 12.4 Å². The monoisotopic (exact) mass is 261 g/mol. The smallest absolute Gasteiger partial charge is 0.238 e. The lowest BCUT2D eigenvalue weighted by Crippen LogP contribution is -2.32. The summed E-state index contributed by atoms with van der Waals surface area (Å²) < 4.78 is 5.52. The molecule has 0 saturated carbocycles. The Morgan fingerprint density at radius 3 is 2.89 bits per heavy atom. The molecule has 5 nitrogen and oxygen atoms in total. The summed E-state index contributed by atoms with van der Waals surface area (Å²) in [6.45, 7) is 6.29. The van der Waals surface area contributed by atoms with Crippen molar-refractivity contribution in [3.05, 3.63) is 24.1 Å². The maximum Gasteiger partial charge on any atom is 0.238 e. The quantitative estimate of drug-likeness (QED) is 0.866. The zero-order chi connectivity index (χ0) is 13.8. The molecule has 0 aliphatic rings. The van der Waals surface area contributed by atoms with Gasteiger partial charge in [0.05, 0.1) is 6.54 Å². The van der Waals surface area contributed by atoms with E-state index in [1.807, 2.05) is 39.0 Å². The van der Waals surface area contributed by atoms with Gasteiger partial charge in [-0.1, -0.05) is 20.8 Å². The SMILES string of the molecule is CCc1nc2cc(NC(=O)CNC(C)C)ccc2o1. The van der Waals surface area contributed by atoms with Crippen LogP contribution >= 0.6 is 0 Å². The van der Waals surface area contributed by atoms with Crippen LogP contribution in [0.1, 0.15) is 26.7 Å². The van der Waals surface area contributed by atoms with E-state index in [0.717, 1.165) is 23.2 Å². The van der Waals surface area contributed by atoms with Gasteiger partial charge in [0, 0.05) is 18.2 Å². The molecule has 1 aromatic heterocycles. The van der Waals surface area contributed by atoms with E-state index in [9.17, 15) is 4.79 Å². The minimum atomic E-state index is -0.0627. The molecule has 19 heavy (non-hydrogen) atoms. The first-order valence-corrected chi connectivity index (χ1v) is 6.51. The summed E-state index contributed by atoms with van der Waals surface area (Å²) in [6.07, 6.45) is 0.759. The number of oxazole rings is 1. The van der Waals surface area contributed by atoms with Gasteiger partial charge in [0.1, 0.15) is 5.52 Å². The Balaban J connectivity index is 2.06. The molecule has 0 radical (unpaired) electrons. The summed E-state index contributed by atoms with van der Waals surface area (Å²) in [5, 5.41) is 5.90. The van der Waals surface area contributed by atoms with Crippen LogP contribution in [-0.4, -0.2) is 23.5 Å². The van der Waals surface area contributed by atoms with Gasteiger partial charge < -0.3 is 15.1 Å². The van der Waals surface area contributed by atoms with Crippen LogP contribution in [0.25, 0.3) is 11.1 Å². The molecule has 1 heterocycles. The molecule has 102 valence electrons. The highest BCUT2D eigenvalue weighted by Gasteiger charge is 2.07. The third-order valence-electron chi connectivity index (χ3n) is 2.69. The second kappa shape index (κ2) is 5.84. The molecule has 1 amide bonds. The van der Waals surface area contributed by atoms with Gasteiger partial charge in [0.2, 0.25) is 5.91 Å². The number of carbonyl (C=O) groups is 1. The van der Waals surface area contributed by atoms with Crippen molar-refractivity contribution in [1.29, 1.82) is 0 Å². The van der Waals surface area contributed by atoms with E-state index in [2.05, 4.69) is 15.6 Å². The molecule has 0 unspecified atom stereocenters. The van der Waals surface area contributed by atoms with Crippen LogP contribution in [0.3, 0.4) is 0 Å². The minimum Gasteiger partial charge on any atom is -0.441 e. The molecule has 0 aliphatic carbocycles. The van der Waals surface area contributed by atoms with E-state index in [1.165, 1.54) is 0 Å². The lowest BCUT2D eigenvalue weighted by atomic mass is 10.3. The first-order valence-electron chi connectivity index (χ1n) is 6.51. The number of hydrogen-bond acceptors (Lipinski definition) is 4. The molecule has 0 aliphatic heterocycles. The van der Waals surface area contributed by atoms with Crippen molar-refractivity contribution in [1.82, 2.24) is 10.3 Å². The summed E-state index contributed by atoms with van der Waals surface area (Å²) in [5.74, 6) is 0.646. The van der Waals surface area contributed by atoms with Gasteiger partial charge in [0.25, 0.3) is 0 Å². The molecule has 0 bridgehead atoms. The lowest BCUT2D eigenvalue weighted by molar-refractivity contribution is -0.115. The Hall–Kier alpha value is -1.88. The number of aryl methyl sites for hydroxylation is 1. The van der Waals surface area contributed by atoms with E-state index < -0.39 is 0 Å². The Labute approximate surface area is 112 Å². The first kappa shape index (κ1) is 13.5. The fraction of sp³-hybridized carbons (Fsp3) is 0.429. The van der Waals surface area contributed by atoms with E-state index >= 15 is 0 Å². The van der Waals surface area contributed by atoms with Gasteiger partial charge in [-0.2, -0.15) is 0 Å². The third kappa shape index (κ3) is 3.54. The summed E-state index contributed by atoms with van der Waals surface area (Å²) >= 11 is 0. The molecular formula is C14H19N3O2. The highest BCUT2D eigenvalue weighted by Crippen LogP contribution is 2.20. The van der Waals surface area contributed by atoms with E-state index in [1.54, 1.807) is 0 Å². The zero-order valence-electron chi connectivity index (χ0n) is 11.5. The number of hydrogen-bond donors (Lipinski definition) is 2. The van der Waals surface area contributed by atoms with Crippen LogP contribution < -0.4 is 10.6 Å². The van der Waals surface area contributed by atoms with Crippen LogP contribution in [0, 0.1) is 0 Å². The number of nitrogens with zero attached hydrogens (tertiary/aromatic N) is 1. The Morgan fingerprint density at radius 2 is 2.21 bits per heavy atom. The molecule has 2 rings (SSSR count). The molecule has 0 saturated heterocycles. The van der Waals surface area contributed by atoms with Gasteiger partial charge in [-0.3, -0.25) is 4.79 Å². The predicted octanol–water partition coefficient (Wildman–Crippen LogP) is 2.33. The van der Waals surface area contributed by atoms with Crippen LogP contribution in [0.15, 0.2) is 22.6 Å². The number of amides is 1. The van der Waals surface area contributed by atoms with Crippen LogP contribution in [0.5, 0.6) is 0 Å². The fourth-order valence-corrected chi connectivity index (χ4v) is 1.71. The number of carbonyl (C=O) groups excluding carboxylic acids is 1. The molecule has 5 heteroatoms. The van der Waals surface area contributed by atoms with E-state index in [-0.39, 0.29) is 11.9 Å². The van der Waals surface area contributed by atoms with Crippen molar-refractivity contribution >= 4 is 22.7 Å². The Kier molecular flexibility index (Phi) is 4.16. The van der Waals surface area contributed by atoms with Crippen molar-refractivity contribution in [2.24, 2.45) is 0 Å². The Bertz CT molecular complexity index is 575. The second-order valence-electron chi connectivity index (χ2n) is 4.73. The van der Waals surface area contributed by atoms with Gasteiger partial charge in [-0.15, -0.1) is 0 Å². The lowest BCUT2D eigenvalue weighted by Gasteiger charge is -2.08. The van der Waals surface area contributed by atoms with E-state index in [4.69, 9.17) is 4.42 Å². The van der Waals surface area contributed by atoms with Gasteiger partial charge in [-0.25, -0.2) is 4.98 Å². The highest BCUT2D eigenvalue weighted by molar-refractivity contribution is 5.94. The number of anilines is 1. The second-order valence-corrected chi connectivity index (χ2v) is 4.73. The molecule has 2 aromatic rings. The topological polar surface area (TPSA) is 67.2 Å². The maximum atomic E-state index is 11.7. The van der Waals surface area contributed by atoms with Gasteiger partial charge in [-0.05, 0) is 18.2 Å². The van der Waals surface area contributed by atoms with Crippen LogP contribution in [0.2, 0.25) is 0 Å². The largest absolute Gasteiger partial charge is 0.441 e.